The Morgan fingerprint density at radius 3 is 2.55 bits per heavy atom. The fourth-order valence-corrected chi connectivity index (χ4v) is 3.14. The van der Waals surface area contributed by atoms with Crippen LogP contribution >= 0.6 is 23.2 Å². The molecule has 0 radical (unpaired) electrons. The molecule has 0 spiro atoms. The maximum Gasteiger partial charge on any atom is 0.124 e. The van der Waals surface area contributed by atoms with Crippen LogP contribution < -0.4 is 5.73 Å². The quantitative estimate of drug-likeness (QED) is 0.636. The Balaban J connectivity index is 2.38. The van der Waals surface area contributed by atoms with E-state index < -0.39 is 0 Å². The van der Waals surface area contributed by atoms with E-state index in [0.29, 0.717) is 32.6 Å². The molecule has 3 N–H and O–H groups in total. The van der Waals surface area contributed by atoms with E-state index in [1.165, 1.54) is 12.1 Å². The van der Waals surface area contributed by atoms with Gasteiger partial charge in [-0.25, -0.2) is 4.39 Å². The van der Waals surface area contributed by atoms with Gasteiger partial charge in [-0.2, -0.15) is 0 Å². The van der Waals surface area contributed by atoms with Crippen LogP contribution in [0, 0.1) is 12.7 Å². The van der Waals surface area contributed by atoms with Crippen LogP contribution in [0.25, 0.3) is 27.7 Å². The predicted molar refractivity (Wildman–Crippen MR) is 91.7 cm³/mol. The summed E-state index contributed by atoms with van der Waals surface area (Å²) in [7, 11) is 0. The highest BCUT2D eigenvalue weighted by molar-refractivity contribution is 6.36. The summed E-state index contributed by atoms with van der Waals surface area (Å²) in [4.78, 5) is 3.22. The molecule has 0 unspecified atom stereocenters. The summed E-state index contributed by atoms with van der Waals surface area (Å²) in [6.07, 6.45) is 0. The summed E-state index contributed by atoms with van der Waals surface area (Å²) in [5, 5.41) is 1.74. The second kappa shape index (κ2) is 5.34. The molecule has 2 nitrogen and oxygen atoms in total. The van der Waals surface area contributed by atoms with E-state index in [9.17, 15) is 4.39 Å². The van der Waals surface area contributed by atoms with E-state index in [2.05, 4.69) is 11.6 Å². The van der Waals surface area contributed by atoms with E-state index in [-0.39, 0.29) is 5.82 Å². The van der Waals surface area contributed by atoms with Gasteiger partial charge in [0.15, 0.2) is 0 Å². The topological polar surface area (TPSA) is 41.8 Å². The molecule has 0 aliphatic heterocycles. The van der Waals surface area contributed by atoms with Crippen molar-refractivity contribution in [2.24, 2.45) is 5.73 Å². The fourth-order valence-electron chi connectivity index (χ4n) is 2.63. The minimum atomic E-state index is -0.343. The highest BCUT2D eigenvalue weighted by Crippen LogP contribution is 2.37. The largest absolute Gasteiger partial charge is 0.398 e. The molecule has 0 aliphatic carbocycles. The number of nitrogens with one attached hydrogen (secondary N) is 1. The van der Waals surface area contributed by atoms with E-state index >= 15 is 0 Å². The fraction of sp³-hybridized carbons (Fsp3) is 0.0588. The number of aryl methyl sites for hydroxylation is 1. The van der Waals surface area contributed by atoms with Crippen molar-refractivity contribution < 1.29 is 4.39 Å². The lowest BCUT2D eigenvalue weighted by molar-refractivity contribution is 0.630. The molecule has 0 amide bonds. The molecule has 2 aromatic carbocycles. The maximum absolute atomic E-state index is 14.0. The van der Waals surface area contributed by atoms with Gasteiger partial charge in [0.1, 0.15) is 5.82 Å². The van der Waals surface area contributed by atoms with Gasteiger partial charge in [-0.05, 0) is 36.8 Å². The number of benzene rings is 2. The van der Waals surface area contributed by atoms with Crippen LogP contribution in [0.1, 0.15) is 11.3 Å². The highest BCUT2D eigenvalue weighted by Gasteiger charge is 2.16. The second-order valence-corrected chi connectivity index (χ2v) is 5.99. The smallest absolute Gasteiger partial charge is 0.124 e. The van der Waals surface area contributed by atoms with E-state index in [0.717, 1.165) is 16.5 Å². The number of rotatable bonds is 2. The lowest BCUT2D eigenvalue weighted by atomic mass is 10.0. The van der Waals surface area contributed by atoms with Crippen molar-refractivity contribution in [1.29, 1.82) is 0 Å². The van der Waals surface area contributed by atoms with Crippen LogP contribution in [0.5, 0.6) is 0 Å². The van der Waals surface area contributed by atoms with Crippen molar-refractivity contribution in [2.45, 2.75) is 6.92 Å². The average Bonchev–Trinajstić information content (AvgIpc) is 2.76. The van der Waals surface area contributed by atoms with Crippen molar-refractivity contribution in [2.75, 3.05) is 0 Å². The zero-order valence-electron chi connectivity index (χ0n) is 11.8. The first-order valence-corrected chi connectivity index (χ1v) is 7.36. The molecule has 0 saturated carbocycles. The Morgan fingerprint density at radius 1 is 1.18 bits per heavy atom. The van der Waals surface area contributed by atoms with E-state index in [4.69, 9.17) is 28.9 Å². The van der Waals surface area contributed by atoms with Gasteiger partial charge in [0.05, 0.1) is 11.2 Å². The summed E-state index contributed by atoms with van der Waals surface area (Å²) in [5.74, 6) is -0.343. The minimum absolute atomic E-state index is 0.343. The van der Waals surface area contributed by atoms with Crippen LogP contribution in [-0.4, -0.2) is 4.98 Å². The molecule has 0 aliphatic rings. The molecule has 5 heteroatoms. The van der Waals surface area contributed by atoms with Crippen molar-refractivity contribution in [3.8, 4) is 11.1 Å². The first-order chi connectivity index (χ1) is 10.4. The third-order valence-corrected chi connectivity index (χ3v) is 4.22. The Bertz CT molecular complexity index is 913. The normalized spacial score (nSPS) is 11.1. The molecule has 0 atom stereocenters. The highest BCUT2D eigenvalue weighted by atomic mass is 35.5. The van der Waals surface area contributed by atoms with Gasteiger partial charge < -0.3 is 10.7 Å². The molecule has 0 saturated heterocycles. The molecule has 3 aromatic rings. The zero-order valence-corrected chi connectivity index (χ0v) is 13.3. The van der Waals surface area contributed by atoms with Crippen molar-refractivity contribution in [1.82, 2.24) is 4.98 Å². The van der Waals surface area contributed by atoms with Gasteiger partial charge in [-0.1, -0.05) is 35.8 Å². The van der Waals surface area contributed by atoms with Crippen LogP contribution in [0.2, 0.25) is 10.0 Å². The number of halogens is 3. The number of aromatic nitrogens is 1. The number of hydrogen-bond donors (Lipinski definition) is 2. The van der Waals surface area contributed by atoms with Gasteiger partial charge in [-0.3, -0.25) is 0 Å². The third kappa shape index (κ3) is 2.36. The molecular formula is C17H13Cl2FN2. The van der Waals surface area contributed by atoms with Crippen LogP contribution in [0.4, 0.5) is 4.39 Å². The third-order valence-electron chi connectivity index (χ3n) is 3.67. The Hall–Kier alpha value is -1.97. The zero-order chi connectivity index (χ0) is 16.0. The van der Waals surface area contributed by atoms with E-state index in [1.54, 1.807) is 18.2 Å². The van der Waals surface area contributed by atoms with Crippen LogP contribution in [0.15, 0.2) is 36.9 Å². The van der Waals surface area contributed by atoms with E-state index in [1.807, 2.05) is 6.92 Å². The van der Waals surface area contributed by atoms with Crippen molar-refractivity contribution in [3.63, 3.8) is 0 Å². The first-order valence-electron chi connectivity index (χ1n) is 6.60. The summed E-state index contributed by atoms with van der Waals surface area (Å²) >= 11 is 12.2. The number of H-pyrrole nitrogens is 1. The Labute approximate surface area is 137 Å². The molecule has 1 aromatic heterocycles. The summed E-state index contributed by atoms with van der Waals surface area (Å²) in [6, 6.07) is 8.04. The molecule has 22 heavy (non-hydrogen) atoms. The van der Waals surface area contributed by atoms with Crippen LogP contribution in [-0.2, 0) is 0 Å². The molecule has 3 rings (SSSR count). The Kier molecular flexibility index (Phi) is 3.63. The molecule has 1 heterocycles. The predicted octanol–water partition coefficient (Wildman–Crippen LogP) is 5.52. The summed E-state index contributed by atoms with van der Waals surface area (Å²) in [6.45, 7) is 5.62. The molecule has 0 bridgehead atoms. The standard InChI is InChI=1S/C17H13Cl2FN2/c1-8-13-6-11(20)7-14(17(13)22-16(8)9(2)21)12-4-3-10(18)5-15(12)19/h3-7,22H,2,21H2,1H3. The number of nitrogens with two attached hydrogens (primary N) is 1. The molecule has 112 valence electrons. The summed E-state index contributed by atoms with van der Waals surface area (Å²) < 4.78 is 14.0. The minimum Gasteiger partial charge on any atom is -0.398 e. The molecule has 0 fully saturated rings. The van der Waals surface area contributed by atoms with Crippen molar-refractivity contribution >= 4 is 39.8 Å². The van der Waals surface area contributed by atoms with Crippen molar-refractivity contribution in [3.05, 3.63) is 64.0 Å². The SMILES string of the molecule is C=C(N)c1[nH]c2c(-c3ccc(Cl)cc3Cl)cc(F)cc2c1C. The number of aromatic amines is 1. The number of fused-ring (bicyclic) bond motifs is 1. The maximum atomic E-state index is 14.0. The van der Waals surface area contributed by atoms with Gasteiger partial charge in [0.2, 0.25) is 0 Å². The monoisotopic (exact) mass is 334 g/mol. The summed E-state index contributed by atoms with van der Waals surface area (Å²) in [5.41, 5.74) is 9.88. The van der Waals surface area contributed by atoms with Gasteiger partial charge >= 0.3 is 0 Å². The lowest BCUT2D eigenvalue weighted by Crippen LogP contribution is -1.95. The average molecular weight is 335 g/mol. The van der Waals surface area contributed by atoms with Gasteiger partial charge in [0, 0.05) is 32.3 Å². The Morgan fingerprint density at radius 2 is 1.91 bits per heavy atom. The van der Waals surface area contributed by atoms with Gasteiger partial charge in [-0.15, -0.1) is 0 Å². The second-order valence-electron chi connectivity index (χ2n) is 5.15. The van der Waals surface area contributed by atoms with Gasteiger partial charge in [0.25, 0.3) is 0 Å². The van der Waals surface area contributed by atoms with Crippen LogP contribution in [0.3, 0.4) is 0 Å². The lowest BCUT2D eigenvalue weighted by Gasteiger charge is -2.07. The first kappa shape index (κ1) is 14.9. The molecular weight excluding hydrogens is 322 g/mol. The number of hydrogen-bond acceptors (Lipinski definition) is 1.